The van der Waals surface area contributed by atoms with E-state index in [1.54, 1.807) is 11.8 Å². The van der Waals surface area contributed by atoms with Crippen LogP contribution in [0.25, 0.3) is 5.69 Å². The Labute approximate surface area is 224 Å². The molecule has 8 nitrogen and oxygen atoms in total. The highest BCUT2D eigenvalue weighted by atomic mass is 16.5. The van der Waals surface area contributed by atoms with Gasteiger partial charge in [-0.1, -0.05) is 49.1 Å². The van der Waals surface area contributed by atoms with Crippen molar-refractivity contribution in [2.45, 2.75) is 64.8 Å². The number of ether oxygens (including phenoxy) is 1. The van der Waals surface area contributed by atoms with Gasteiger partial charge in [0.05, 0.1) is 18.5 Å². The summed E-state index contributed by atoms with van der Waals surface area (Å²) < 4.78 is 6.95. The first kappa shape index (κ1) is 25.9. The van der Waals surface area contributed by atoms with Gasteiger partial charge in [0.2, 0.25) is 5.91 Å². The number of carbonyl (C=O) groups excluding carboxylic acids is 2. The van der Waals surface area contributed by atoms with E-state index in [4.69, 9.17) is 4.74 Å². The number of hydrogen-bond donors (Lipinski definition) is 0. The number of carbonyl (C=O) groups is 2. The third-order valence-corrected chi connectivity index (χ3v) is 7.60. The van der Waals surface area contributed by atoms with E-state index in [-0.39, 0.29) is 17.7 Å². The Kier molecular flexibility index (Phi) is 8.05. The molecule has 200 valence electrons. The first-order valence-corrected chi connectivity index (χ1v) is 13.8. The summed E-state index contributed by atoms with van der Waals surface area (Å²) in [6.07, 6.45) is 8.37. The molecule has 2 amide bonds. The van der Waals surface area contributed by atoms with Crippen molar-refractivity contribution < 1.29 is 14.3 Å². The van der Waals surface area contributed by atoms with Gasteiger partial charge in [0.25, 0.3) is 5.91 Å². The van der Waals surface area contributed by atoms with Crippen LogP contribution in [0.3, 0.4) is 0 Å². The first-order chi connectivity index (χ1) is 18.6. The van der Waals surface area contributed by atoms with Crippen molar-refractivity contribution in [2.24, 2.45) is 5.92 Å². The van der Waals surface area contributed by atoms with Crippen LogP contribution in [0, 0.1) is 12.8 Å². The molecule has 3 aromatic rings. The number of anilines is 1. The van der Waals surface area contributed by atoms with Crippen molar-refractivity contribution in [3.8, 4) is 11.4 Å². The molecule has 5 rings (SSSR count). The Morgan fingerprint density at radius 1 is 0.895 bits per heavy atom. The summed E-state index contributed by atoms with van der Waals surface area (Å²) in [7, 11) is 1.63. The lowest BCUT2D eigenvalue weighted by Gasteiger charge is -2.28. The minimum Gasteiger partial charge on any atom is -0.497 e. The summed E-state index contributed by atoms with van der Waals surface area (Å²) in [6, 6.07) is 15.6. The first-order valence-electron chi connectivity index (χ1n) is 13.8. The molecule has 2 heterocycles. The number of para-hydroxylation sites is 1. The molecule has 0 bridgehead atoms. The van der Waals surface area contributed by atoms with Gasteiger partial charge in [-0.15, -0.1) is 5.10 Å². The fourth-order valence-corrected chi connectivity index (χ4v) is 5.19. The number of methoxy groups -OCH3 is 1. The zero-order valence-electron chi connectivity index (χ0n) is 22.4. The Bertz CT molecular complexity index is 1270. The molecule has 1 aliphatic carbocycles. The third kappa shape index (κ3) is 5.74. The second-order valence-electron chi connectivity index (χ2n) is 10.4. The zero-order chi connectivity index (χ0) is 26.5. The van der Waals surface area contributed by atoms with Crippen LogP contribution in [-0.4, -0.2) is 51.9 Å². The van der Waals surface area contributed by atoms with E-state index in [2.05, 4.69) is 10.3 Å². The maximum Gasteiger partial charge on any atom is 0.276 e. The van der Waals surface area contributed by atoms with Gasteiger partial charge in [0.1, 0.15) is 5.75 Å². The molecule has 0 N–H and O–H groups in total. The van der Waals surface area contributed by atoms with Crippen LogP contribution < -0.4 is 9.64 Å². The SMILES string of the molecule is COc1ccc(-n2nnc(C(=O)N3CCCCCCCCN(C(=O)C4CC4)c4ccccc4C3)c2C)cc1. The topological polar surface area (TPSA) is 80.6 Å². The summed E-state index contributed by atoms with van der Waals surface area (Å²) >= 11 is 0. The Morgan fingerprint density at radius 2 is 1.58 bits per heavy atom. The number of benzene rings is 2. The van der Waals surface area contributed by atoms with Crippen molar-refractivity contribution in [1.82, 2.24) is 19.9 Å². The van der Waals surface area contributed by atoms with E-state index in [9.17, 15) is 9.59 Å². The van der Waals surface area contributed by atoms with E-state index in [0.29, 0.717) is 24.5 Å². The van der Waals surface area contributed by atoms with Crippen LogP contribution in [0.4, 0.5) is 5.69 Å². The van der Waals surface area contributed by atoms with Crippen molar-refractivity contribution in [3.63, 3.8) is 0 Å². The Hall–Kier alpha value is -3.68. The van der Waals surface area contributed by atoms with E-state index in [1.165, 1.54) is 0 Å². The van der Waals surface area contributed by atoms with E-state index in [1.807, 2.05) is 65.3 Å². The third-order valence-electron chi connectivity index (χ3n) is 7.60. The summed E-state index contributed by atoms with van der Waals surface area (Å²) in [5, 5.41) is 8.61. The molecule has 0 radical (unpaired) electrons. The molecule has 38 heavy (non-hydrogen) atoms. The number of hydrogen-bond acceptors (Lipinski definition) is 5. The van der Waals surface area contributed by atoms with Gasteiger partial charge in [-0.05, 0) is 68.5 Å². The Balaban J connectivity index is 1.44. The van der Waals surface area contributed by atoms with Gasteiger partial charge in [0, 0.05) is 31.2 Å². The molecule has 0 saturated heterocycles. The van der Waals surface area contributed by atoms with Crippen LogP contribution in [0.5, 0.6) is 5.75 Å². The minimum absolute atomic E-state index is 0.132. The highest BCUT2D eigenvalue weighted by Gasteiger charge is 2.35. The van der Waals surface area contributed by atoms with Gasteiger partial charge in [-0.3, -0.25) is 9.59 Å². The molecule has 0 atom stereocenters. The normalized spacial score (nSPS) is 17.1. The highest BCUT2D eigenvalue weighted by molar-refractivity contribution is 5.97. The Morgan fingerprint density at radius 3 is 2.29 bits per heavy atom. The maximum atomic E-state index is 13.9. The maximum absolute atomic E-state index is 13.9. The summed E-state index contributed by atoms with van der Waals surface area (Å²) in [4.78, 5) is 31.1. The van der Waals surface area contributed by atoms with Crippen LogP contribution in [-0.2, 0) is 11.3 Å². The monoisotopic (exact) mass is 515 g/mol. The summed E-state index contributed by atoms with van der Waals surface area (Å²) in [6.45, 7) is 3.68. The molecule has 1 aliphatic heterocycles. The predicted molar refractivity (Wildman–Crippen MR) is 147 cm³/mol. The average molecular weight is 516 g/mol. The van der Waals surface area contributed by atoms with E-state index in [0.717, 1.165) is 80.6 Å². The minimum atomic E-state index is -0.132. The van der Waals surface area contributed by atoms with Crippen LogP contribution in [0.2, 0.25) is 0 Å². The smallest absolute Gasteiger partial charge is 0.276 e. The molecule has 2 aliphatic rings. The highest BCUT2D eigenvalue weighted by Crippen LogP contribution is 2.34. The number of nitrogens with zero attached hydrogens (tertiary/aromatic N) is 5. The molecule has 2 aromatic carbocycles. The number of aromatic nitrogens is 3. The average Bonchev–Trinajstić information content (AvgIpc) is 3.72. The van der Waals surface area contributed by atoms with Gasteiger partial charge < -0.3 is 14.5 Å². The molecule has 1 aromatic heterocycles. The molecular weight excluding hydrogens is 478 g/mol. The zero-order valence-corrected chi connectivity index (χ0v) is 22.4. The van der Waals surface area contributed by atoms with Crippen molar-refractivity contribution in [1.29, 1.82) is 0 Å². The van der Waals surface area contributed by atoms with Crippen LogP contribution in [0.1, 0.15) is 73.1 Å². The molecule has 1 saturated carbocycles. The predicted octanol–water partition coefficient (Wildman–Crippen LogP) is 5.32. The molecule has 0 unspecified atom stereocenters. The van der Waals surface area contributed by atoms with Gasteiger partial charge in [0.15, 0.2) is 5.69 Å². The lowest BCUT2D eigenvalue weighted by molar-refractivity contribution is -0.119. The van der Waals surface area contributed by atoms with Crippen molar-refractivity contribution in [2.75, 3.05) is 25.1 Å². The number of amides is 2. The fraction of sp³-hybridized carbons (Fsp3) is 0.467. The largest absolute Gasteiger partial charge is 0.497 e. The van der Waals surface area contributed by atoms with Gasteiger partial charge in [-0.2, -0.15) is 0 Å². The lowest BCUT2D eigenvalue weighted by Crippen LogP contribution is -2.36. The number of fused-ring (bicyclic) bond motifs is 1. The number of rotatable bonds is 4. The summed E-state index contributed by atoms with van der Waals surface area (Å²) in [5.41, 5.74) is 3.80. The molecule has 8 heteroatoms. The van der Waals surface area contributed by atoms with E-state index < -0.39 is 0 Å². The standard InChI is InChI=1S/C30H37N5O3/c1-22-28(31-32-35(22)25-15-17-26(38-2)18-16-25)30(37)33-19-9-5-3-4-6-10-20-34(29(36)23-13-14-23)27-12-8-7-11-24(27)21-33/h7-8,11-12,15-18,23H,3-6,9-10,13-14,19-21H2,1-2H3. The van der Waals surface area contributed by atoms with E-state index >= 15 is 0 Å². The fourth-order valence-electron chi connectivity index (χ4n) is 5.19. The molecule has 0 spiro atoms. The second-order valence-corrected chi connectivity index (χ2v) is 10.4. The molecular formula is C30H37N5O3. The van der Waals surface area contributed by atoms with Crippen molar-refractivity contribution >= 4 is 17.5 Å². The summed E-state index contributed by atoms with van der Waals surface area (Å²) in [5.74, 6) is 0.994. The lowest BCUT2D eigenvalue weighted by atomic mass is 10.1. The van der Waals surface area contributed by atoms with Crippen LogP contribution in [0.15, 0.2) is 48.5 Å². The van der Waals surface area contributed by atoms with Gasteiger partial charge in [-0.25, -0.2) is 4.68 Å². The van der Waals surface area contributed by atoms with Crippen LogP contribution >= 0.6 is 0 Å². The van der Waals surface area contributed by atoms with Crippen molar-refractivity contribution in [3.05, 3.63) is 65.5 Å². The second kappa shape index (κ2) is 11.8. The molecule has 1 fully saturated rings. The quantitative estimate of drug-likeness (QED) is 0.470. The van der Waals surface area contributed by atoms with Gasteiger partial charge >= 0.3 is 0 Å².